The van der Waals surface area contributed by atoms with Crippen molar-refractivity contribution in [3.63, 3.8) is 0 Å². The summed E-state index contributed by atoms with van der Waals surface area (Å²) in [5.74, 6) is 1.03. The molecular weight excluding hydrogens is 377 g/mol. The van der Waals surface area contributed by atoms with Gasteiger partial charge in [0.25, 0.3) is 0 Å². The van der Waals surface area contributed by atoms with Crippen molar-refractivity contribution < 1.29 is 19.1 Å². The van der Waals surface area contributed by atoms with Crippen LogP contribution in [0.5, 0.6) is 0 Å². The Bertz CT molecular complexity index is 827. The second-order valence-corrected chi connectivity index (χ2v) is 10.1. The zero-order valence-corrected chi connectivity index (χ0v) is 17.8. The number of hydrogen-bond donors (Lipinski definition) is 0. The lowest BCUT2D eigenvalue weighted by atomic mass is 9.47. The Balaban J connectivity index is 0.00000240. The summed E-state index contributed by atoms with van der Waals surface area (Å²) in [6, 6.07) is 0. The lowest BCUT2D eigenvalue weighted by molar-refractivity contribution is -0.185. The van der Waals surface area contributed by atoms with Crippen molar-refractivity contribution in [2.75, 3.05) is 0 Å². The lowest BCUT2D eigenvalue weighted by Crippen LogP contribution is -2.58. The minimum Gasteiger partial charge on any atom is -0.451 e. The Morgan fingerprint density at radius 1 is 1.07 bits per heavy atom. The summed E-state index contributed by atoms with van der Waals surface area (Å²) in [6.07, 6.45) is 9.20. The standard InChI is InChI=1S/C24H32O4.Mg.2H/c1-14-12-18-19(22(4)9-6-17(27)13-21(14)22)7-10-23(5)20(18)8-11-24(23,15(2)25)28-16(3)26;;;/h12-13,18-20H,6-11H2,1-5H3;;;/t18-,19+,20+,22-,23+,24+;;;/m1.../s1. The highest BCUT2D eigenvalue weighted by Crippen LogP contribution is 2.67. The zero-order chi connectivity index (χ0) is 20.5. The number of ether oxygens (including phenoxy) is 1. The van der Waals surface area contributed by atoms with Gasteiger partial charge in [-0.25, -0.2) is 0 Å². The van der Waals surface area contributed by atoms with Crippen LogP contribution in [0.15, 0.2) is 23.3 Å². The summed E-state index contributed by atoms with van der Waals surface area (Å²) in [5.41, 5.74) is 1.15. The number of carbonyl (C=O) groups excluding carboxylic acids is 3. The summed E-state index contributed by atoms with van der Waals surface area (Å²) in [4.78, 5) is 36.8. The number of hydrogen-bond acceptors (Lipinski definition) is 4. The van der Waals surface area contributed by atoms with Crippen molar-refractivity contribution in [2.24, 2.45) is 28.6 Å². The van der Waals surface area contributed by atoms with Crippen LogP contribution >= 0.6 is 0 Å². The second kappa shape index (κ2) is 7.33. The fraction of sp³-hybridized carbons (Fsp3) is 0.708. The molecule has 0 aromatic heterocycles. The van der Waals surface area contributed by atoms with E-state index in [1.165, 1.54) is 18.1 Å². The van der Waals surface area contributed by atoms with Gasteiger partial charge < -0.3 is 4.74 Å². The van der Waals surface area contributed by atoms with E-state index in [0.29, 0.717) is 30.6 Å². The van der Waals surface area contributed by atoms with Crippen molar-refractivity contribution >= 4 is 40.6 Å². The molecule has 0 saturated heterocycles. The number of Topliss-reactive ketones (excluding diaryl/α,β-unsaturated/α-hetero) is 1. The largest absolute Gasteiger partial charge is 0.451 e. The summed E-state index contributed by atoms with van der Waals surface area (Å²) < 4.78 is 5.82. The van der Waals surface area contributed by atoms with Crippen LogP contribution in [0.2, 0.25) is 0 Å². The molecule has 4 nitrogen and oxygen atoms in total. The molecule has 5 heteroatoms. The predicted molar refractivity (Wildman–Crippen MR) is 115 cm³/mol. The van der Waals surface area contributed by atoms with Gasteiger partial charge in [0.05, 0.1) is 0 Å². The van der Waals surface area contributed by atoms with Crippen LogP contribution in [0.4, 0.5) is 0 Å². The first-order valence-electron chi connectivity index (χ1n) is 10.7. The van der Waals surface area contributed by atoms with Gasteiger partial charge in [0.15, 0.2) is 17.2 Å². The van der Waals surface area contributed by atoms with Crippen molar-refractivity contribution in [1.29, 1.82) is 0 Å². The fourth-order valence-corrected chi connectivity index (χ4v) is 7.48. The molecule has 2 saturated carbocycles. The molecule has 0 spiro atoms. The lowest BCUT2D eigenvalue weighted by Gasteiger charge is -2.58. The molecule has 0 amide bonds. The van der Waals surface area contributed by atoms with E-state index in [1.54, 1.807) is 6.92 Å². The van der Waals surface area contributed by atoms with E-state index in [2.05, 4.69) is 26.8 Å². The van der Waals surface area contributed by atoms with Crippen molar-refractivity contribution in [3.8, 4) is 0 Å². The number of esters is 1. The first-order chi connectivity index (χ1) is 13.0. The summed E-state index contributed by atoms with van der Waals surface area (Å²) in [7, 11) is 0. The van der Waals surface area contributed by atoms with Gasteiger partial charge in [-0.2, -0.15) is 0 Å². The van der Waals surface area contributed by atoms with Crippen LogP contribution in [0.3, 0.4) is 0 Å². The highest BCUT2D eigenvalue weighted by atomic mass is 24.3. The smallest absolute Gasteiger partial charge is 0.316 e. The first kappa shape index (κ1) is 22.7. The Labute approximate surface area is 190 Å². The third kappa shape index (κ3) is 3.02. The van der Waals surface area contributed by atoms with E-state index in [9.17, 15) is 14.4 Å². The normalized spacial score (nSPS) is 43.1. The Kier molecular flexibility index (Phi) is 5.75. The number of carbonyl (C=O) groups is 3. The minimum atomic E-state index is -0.990. The van der Waals surface area contributed by atoms with Crippen molar-refractivity contribution in [3.05, 3.63) is 23.3 Å². The maximum absolute atomic E-state index is 12.8. The zero-order valence-electron chi connectivity index (χ0n) is 17.8. The second-order valence-electron chi connectivity index (χ2n) is 10.1. The minimum absolute atomic E-state index is 0. The Morgan fingerprint density at radius 3 is 2.34 bits per heavy atom. The predicted octanol–water partition coefficient (Wildman–Crippen LogP) is 3.66. The molecule has 156 valence electrons. The summed E-state index contributed by atoms with van der Waals surface area (Å²) in [5, 5.41) is 0. The number of fused-ring (bicyclic) bond motifs is 5. The molecule has 4 aliphatic rings. The number of allylic oxidation sites excluding steroid dienone is 4. The molecule has 0 N–H and O–H groups in total. The van der Waals surface area contributed by atoms with Gasteiger partial charge in [0.1, 0.15) is 0 Å². The van der Waals surface area contributed by atoms with E-state index in [4.69, 9.17) is 4.74 Å². The van der Waals surface area contributed by atoms with Gasteiger partial charge in [0.2, 0.25) is 0 Å². The average Bonchev–Trinajstić information content (AvgIpc) is 2.90. The van der Waals surface area contributed by atoms with Gasteiger partial charge >= 0.3 is 29.0 Å². The average molecular weight is 411 g/mol. The highest BCUT2D eigenvalue weighted by Gasteiger charge is 2.67. The Morgan fingerprint density at radius 2 is 1.72 bits per heavy atom. The molecule has 0 aliphatic heterocycles. The molecule has 0 heterocycles. The molecule has 0 aromatic rings. The van der Waals surface area contributed by atoms with Crippen molar-refractivity contribution in [1.82, 2.24) is 0 Å². The van der Waals surface area contributed by atoms with Crippen LogP contribution in [-0.4, -0.2) is 46.2 Å². The molecule has 0 aromatic carbocycles. The molecule has 0 unspecified atom stereocenters. The fourth-order valence-electron chi connectivity index (χ4n) is 7.48. The third-order valence-electron chi connectivity index (χ3n) is 8.84. The molecule has 6 atom stereocenters. The monoisotopic (exact) mass is 410 g/mol. The molecule has 0 radical (unpaired) electrons. The molecule has 29 heavy (non-hydrogen) atoms. The number of ketones is 2. The van der Waals surface area contributed by atoms with E-state index in [0.717, 1.165) is 25.7 Å². The third-order valence-corrected chi connectivity index (χ3v) is 8.84. The van der Waals surface area contributed by atoms with E-state index in [1.807, 2.05) is 6.08 Å². The molecule has 4 aliphatic carbocycles. The SMILES string of the molecule is CC(=O)O[C@]1(C(C)=O)CC[C@H]2[C@@H]3C=C(C)C4=CC(=O)CC[C@]4(C)[C@H]3CC[C@@]21C.[MgH2]. The van der Waals surface area contributed by atoms with Gasteiger partial charge in [-0.05, 0) is 80.8 Å². The highest BCUT2D eigenvalue weighted by molar-refractivity contribution is 5.92. The maximum Gasteiger partial charge on any atom is 0.316 e. The summed E-state index contributed by atoms with van der Waals surface area (Å²) >= 11 is 0. The molecule has 2 fully saturated rings. The van der Waals surface area contributed by atoms with Gasteiger partial charge in [-0.1, -0.05) is 25.5 Å². The van der Waals surface area contributed by atoms with E-state index < -0.39 is 5.60 Å². The maximum atomic E-state index is 12.8. The van der Waals surface area contributed by atoms with Crippen LogP contribution in [0.25, 0.3) is 0 Å². The van der Waals surface area contributed by atoms with Crippen molar-refractivity contribution in [2.45, 2.75) is 78.7 Å². The van der Waals surface area contributed by atoms with E-state index >= 15 is 0 Å². The van der Waals surface area contributed by atoms with Crippen LogP contribution in [-0.2, 0) is 19.1 Å². The molecule has 0 bridgehead atoms. The Hall–Kier alpha value is -0.944. The molecule has 4 rings (SSSR count). The van der Waals surface area contributed by atoms with Crippen LogP contribution in [0.1, 0.15) is 73.1 Å². The van der Waals surface area contributed by atoms with Crippen LogP contribution < -0.4 is 0 Å². The van der Waals surface area contributed by atoms with Gasteiger partial charge in [-0.3, -0.25) is 14.4 Å². The van der Waals surface area contributed by atoms with Gasteiger partial charge in [0, 0.05) is 18.8 Å². The topological polar surface area (TPSA) is 60.4 Å². The first-order valence-corrected chi connectivity index (χ1v) is 10.7. The number of rotatable bonds is 2. The van der Waals surface area contributed by atoms with E-state index in [-0.39, 0.29) is 51.4 Å². The summed E-state index contributed by atoms with van der Waals surface area (Å²) in [6.45, 7) is 9.63. The van der Waals surface area contributed by atoms with Gasteiger partial charge in [-0.15, -0.1) is 0 Å². The van der Waals surface area contributed by atoms with Crippen LogP contribution in [0, 0.1) is 28.6 Å². The molecular formula is C24H34MgO4. The quantitative estimate of drug-likeness (QED) is 0.515.